The van der Waals surface area contributed by atoms with Crippen LogP contribution < -0.4 is 17.6 Å². The summed E-state index contributed by atoms with van der Waals surface area (Å²) in [5.74, 6) is 13.8. The fourth-order valence-corrected chi connectivity index (χ4v) is 13.8. The van der Waals surface area contributed by atoms with Crippen molar-refractivity contribution in [3.8, 4) is 52.6 Å². The Morgan fingerprint density at radius 2 is 0.796 bits per heavy atom. The van der Waals surface area contributed by atoms with Gasteiger partial charge in [-0.3, -0.25) is 24.0 Å². The van der Waals surface area contributed by atoms with Gasteiger partial charge in [-0.15, -0.1) is 0 Å². The molecule has 5 amide bonds. The molecular formula is C66H79N15O14S3. The predicted molar refractivity (Wildman–Crippen MR) is 364 cm³/mol. The first-order valence-corrected chi connectivity index (χ1v) is 35.3. The van der Waals surface area contributed by atoms with Gasteiger partial charge in [-0.2, -0.15) is 15.3 Å². The molecule has 6 aliphatic heterocycles. The summed E-state index contributed by atoms with van der Waals surface area (Å²) < 4.78 is 51.3. The molecule has 3 fully saturated rings. The molecule has 11 N–H and O–H groups in total. The van der Waals surface area contributed by atoms with Gasteiger partial charge in [0.25, 0.3) is 29.5 Å². The van der Waals surface area contributed by atoms with E-state index in [2.05, 4.69) is 50.8 Å². The van der Waals surface area contributed by atoms with E-state index in [0.29, 0.717) is 129 Å². The van der Waals surface area contributed by atoms with Gasteiger partial charge in [0, 0.05) is 178 Å². The van der Waals surface area contributed by atoms with Crippen molar-refractivity contribution in [2.45, 2.75) is 81.9 Å². The number of esters is 1. The molecule has 0 saturated carbocycles. The Morgan fingerprint density at radius 1 is 0.510 bits per heavy atom. The van der Waals surface area contributed by atoms with E-state index in [0.717, 1.165) is 24.2 Å². The maximum atomic E-state index is 12.6. The van der Waals surface area contributed by atoms with Gasteiger partial charge in [0.05, 0.1) is 73.7 Å². The second kappa shape index (κ2) is 31.2. The van der Waals surface area contributed by atoms with Crippen LogP contribution in [-0.4, -0.2) is 235 Å². The van der Waals surface area contributed by atoms with Crippen molar-refractivity contribution >= 4 is 68.5 Å². The number of primary amides is 2. The van der Waals surface area contributed by atoms with Gasteiger partial charge in [0.15, 0.2) is 17.1 Å². The molecule has 9 heterocycles. The maximum Gasteiger partial charge on any atom is 0.359 e. The first kappa shape index (κ1) is 74.7. The number of likely N-dealkylation sites (tertiary alicyclic amines) is 3. The number of hydrogen-bond donors (Lipinski definition) is 7. The van der Waals surface area contributed by atoms with Crippen LogP contribution in [0.4, 0.5) is 0 Å². The molecule has 0 aliphatic carbocycles. The number of nitrogens with zero attached hydrogens (tertiary/aromatic N) is 12. The Balaban J connectivity index is 0.000000184. The second-order valence-electron chi connectivity index (χ2n) is 23.5. The van der Waals surface area contributed by atoms with Gasteiger partial charge in [-0.05, 0) is 61.5 Å². The molecule has 29 nitrogen and oxygen atoms in total. The lowest BCUT2D eigenvalue weighted by Crippen LogP contribution is -2.37. The van der Waals surface area contributed by atoms with Crippen LogP contribution in [0, 0.1) is 35.5 Å². The van der Waals surface area contributed by atoms with Crippen LogP contribution in [0.1, 0.15) is 108 Å². The zero-order valence-corrected chi connectivity index (χ0v) is 58.0. The SMILES string of the molecule is CCOC(=O)c1nn(-c2cccc(C#C[C@]3(O)CCN(C)C3=O)c2)c2c1CN(S(C)=O)CC2.CN1CC[C@@](O)(C#Cc2cccc(-n3nc(C(N)=O)c4c3CCN(S(C)=O)C4)c2)C1=O.CN1CC[C@@](O)(C#Cc2cccc(-n3nc(C(N)=O)c4c3CCN(S(C)=O)C4)c2)C1=O.CO.N. The van der Waals surface area contributed by atoms with Gasteiger partial charge < -0.3 is 57.5 Å². The highest BCUT2D eigenvalue weighted by Gasteiger charge is 2.45. The van der Waals surface area contributed by atoms with E-state index in [4.69, 9.17) is 21.3 Å². The largest absolute Gasteiger partial charge is 0.461 e. The highest BCUT2D eigenvalue weighted by atomic mass is 32.2. The number of fused-ring (bicyclic) bond motifs is 3. The van der Waals surface area contributed by atoms with Gasteiger partial charge in [-0.1, -0.05) is 53.7 Å². The summed E-state index contributed by atoms with van der Waals surface area (Å²) >= 11 is 0. The van der Waals surface area contributed by atoms with Crippen LogP contribution in [0.2, 0.25) is 0 Å². The number of aliphatic hydroxyl groups is 4. The van der Waals surface area contributed by atoms with Crippen molar-refractivity contribution in [3.05, 3.63) is 140 Å². The third kappa shape index (κ3) is 15.9. The summed E-state index contributed by atoms with van der Waals surface area (Å²) in [6, 6.07) is 21.6. The summed E-state index contributed by atoms with van der Waals surface area (Å²) in [5.41, 5.74) is 15.1. The fourth-order valence-electron chi connectivity index (χ4n) is 11.8. The number of nitrogens with two attached hydrogens (primary N) is 2. The molecular weight excluding hydrogens is 1320 g/mol. The number of hydrogen-bond acceptors (Lipinski definition) is 18. The van der Waals surface area contributed by atoms with Crippen molar-refractivity contribution in [2.24, 2.45) is 11.5 Å². The summed E-state index contributed by atoms with van der Waals surface area (Å²) in [5, 5.41) is 52.0. The highest BCUT2D eigenvalue weighted by Crippen LogP contribution is 2.31. The summed E-state index contributed by atoms with van der Waals surface area (Å²) in [4.78, 5) is 77.3. The van der Waals surface area contributed by atoms with Gasteiger partial charge in [0.1, 0.15) is 0 Å². The van der Waals surface area contributed by atoms with Crippen molar-refractivity contribution in [2.75, 3.05) is 92.9 Å². The minimum Gasteiger partial charge on any atom is -0.461 e. The quantitative estimate of drug-likeness (QED) is 0.0675. The molecule has 0 radical (unpaired) electrons. The minimum atomic E-state index is -1.67. The zero-order valence-electron chi connectivity index (χ0n) is 55.6. The Morgan fingerprint density at radius 3 is 1.05 bits per heavy atom. The normalized spacial score (nSPS) is 21.2. The zero-order chi connectivity index (χ0) is 70.4. The van der Waals surface area contributed by atoms with E-state index in [-0.39, 0.29) is 49.1 Å². The van der Waals surface area contributed by atoms with Crippen molar-refractivity contribution in [3.63, 3.8) is 0 Å². The summed E-state index contributed by atoms with van der Waals surface area (Å²) in [7, 11) is 2.42. The topological polar surface area (TPSA) is 404 Å². The van der Waals surface area contributed by atoms with E-state index in [1.165, 1.54) is 14.7 Å². The van der Waals surface area contributed by atoms with E-state index in [1.807, 2.05) is 18.2 Å². The maximum absolute atomic E-state index is 12.6. The number of rotatable bonds is 10. The number of aliphatic hydroxyl groups excluding tert-OH is 1. The number of likely N-dealkylation sites (N-methyl/N-ethyl adjacent to an activating group) is 3. The lowest BCUT2D eigenvalue weighted by molar-refractivity contribution is -0.138. The summed E-state index contributed by atoms with van der Waals surface area (Å²) in [6.07, 6.45) is 7.29. The molecule has 3 unspecified atom stereocenters. The highest BCUT2D eigenvalue weighted by molar-refractivity contribution is 7.82. The Kier molecular flexibility index (Phi) is 23.8. The molecule has 520 valence electrons. The van der Waals surface area contributed by atoms with E-state index in [1.54, 1.807) is 128 Å². The van der Waals surface area contributed by atoms with Crippen LogP contribution >= 0.6 is 0 Å². The molecule has 32 heteroatoms. The average molecular weight is 1400 g/mol. The predicted octanol–water partition coefficient (Wildman–Crippen LogP) is -0.449. The third-order valence-electron chi connectivity index (χ3n) is 17.1. The average Bonchev–Trinajstić information content (AvgIpc) is 1.61. The first-order chi connectivity index (χ1) is 46.1. The molecule has 0 bridgehead atoms. The van der Waals surface area contributed by atoms with Crippen molar-refractivity contribution in [1.29, 1.82) is 0 Å². The Labute approximate surface area is 574 Å². The molecule has 3 aromatic carbocycles. The standard InChI is InChI=1S/C23H26N4O5S.2C21H23N5O4S.CH4O.H3N/c1-4-32-21(28)20-18-15-26(33(3)31)12-9-19(18)27(24-20)17-7-5-6-16(14-17)8-10-23(30)11-13-25(2)22(23)29;2*1-24-11-9-21(29,20(24)28)8-6-14-4-3-5-15(12-14)26-17-7-10-25(31(2)30)13-16(17)18(23-26)19(22)27;1-2;/h5-7,14,30H,4,9,11-13,15H2,1-3H3;2*3-5,12,29H,7,9-11,13H2,1-2H3,(H2,22,27);2H,1H3;1H3/t23-,33?;2*21-,31?;;/m000../s1. The van der Waals surface area contributed by atoms with Crippen molar-refractivity contribution in [1.82, 2.24) is 63.1 Å². The second-order valence-corrected chi connectivity index (χ2v) is 27.6. The molecule has 6 atom stereocenters. The number of carbonyl (C=O) groups is 6. The smallest absolute Gasteiger partial charge is 0.359 e. The molecule has 6 aliphatic rings. The van der Waals surface area contributed by atoms with Gasteiger partial charge in [0.2, 0.25) is 16.8 Å². The minimum absolute atomic E-state index is 0. The fraction of sp³-hybridized carbons (Fsp3) is 0.409. The first-order valence-electron chi connectivity index (χ1n) is 30.8. The van der Waals surface area contributed by atoms with Crippen LogP contribution in [0.5, 0.6) is 0 Å². The lowest BCUT2D eigenvalue weighted by Gasteiger charge is -2.25. The van der Waals surface area contributed by atoms with Crippen LogP contribution in [0.25, 0.3) is 17.1 Å². The van der Waals surface area contributed by atoms with Crippen LogP contribution in [0.3, 0.4) is 0 Å². The molecule has 3 aromatic heterocycles. The number of benzene rings is 3. The lowest BCUT2D eigenvalue weighted by atomic mass is 10.0. The van der Waals surface area contributed by atoms with Gasteiger partial charge >= 0.3 is 5.97 Å². The third-order valence-corrected chi connectivity index (χ3v) is 20.3. The Bertz CT molecular complexity index is 4220. The Hall–Kier alpha value is -9.08. The molecule has 0 spiro atoms. The number of amides is 5. The van der Waals surface area contributed by atoms with Crippen LogP contribution in [-0.2, 0) is 91.0 Å². The number of aromatic nitrogens is 6. The van der Waals surface area contributed by atoms with Crippen molar-refractivity contribution < 1.29 is 66.6 Å². The van der Waals surface area contributed by atoms with Gasteiger partial charge in [-0.25, -0.2) is 44.4 Å². The summed E-state index contributed by atoms with van der Waals surface area (Å²) in [6.45, 7) is 6.06. The molecule has 12 rings (SSSR count). The molecule has 6 aromatic rings. The van der Waals surface area contributed by atoms with E-state index >= 15 is 0 Å². The molecule has 98 heavy (non-hydrogen) atoms. The van der Waals surface area contributed by atoms with Crippen LogP contribution in [0.15, 0.2) is 72.8 Å². The van der Waals surface area contributed by atoms with E-state index in [9.17, 15) is 56.7 Å². The number of carbonyl (C=O) groups excluding carboxylic acids is 6. The monoisotopic (exact) mass is 1400 g/mol. The number of ether oxygens (including phenoxy) is 1. The molecule has 3 saturated heterocycles. The van der Waals surface area contributed by atoms with E-state index < -0.39 is 85.3 Å².